The van der Waals surface area contributed by atoms with Crippen molar-refractivity contribution in [1.29, 1.82) is 0 Å². The van der Waals surface area contributed by atoms with Gasteiger partial charge in [-0.2, -0.15) is 0 Å². The van der Waals surface area contributed by atoms with E-state index in [2.05, 4.69) is 32.9 Å². The Morgan fingerprint density at radius 2 is 2.07 bits per heavy atom. The van der Waals surface area contributed by atoms with E-state index in [1.165, 1.54) is 5.57 Å². The fourth-order valence-electron chi connectivity index (χ4n) is 6.83. The molecular weight excluding hydrogens is 364 g/mol. The molecule has 0 bridgehead atoms. The minimum Gasteiger partial charge on any atom is -0.392 e. The lowest BCUT2D eigenvalue weighted by atomic mass is 9.65. The van der Waals surface area contributed by atoms with Gasteiger partial charge in [0, 0.05) is 12.0 Å². The van der Waals surface area contributed by atoms with Crippen molar-refractivity contribution in [3.63, 3.8) is 0 Å². The number of ether oxygens (including phenoxy) is 1. The molecule has 1 saturated heterocycles. The normalized spacial score (nSPS) is 42.8. The Kier molecular flexibility index (Phi) is 5.42. The molecule has 4 heteroatoms. The molecule has 160 valence electrons. The van der Waals surface area contributed by atoms with Crippen LogP contribution in [0.5, 0.6) is 0 Å². The molecule has 4 rings (SSSR count). The molecule has 2 N–H and O–H groups in total. The Labute approximate surface area is 174 Å². The Balaban J connectivity index is 1.71. The quantitative estimate of drug-likeness (QED) is 0.699. The molecule has 4 aliphatic rings. The zero-order valence-corrected chi connectivity index (χ0v) is 18.3. The fourth-order valence-corrected chi connectivity index (χ4v) is 6.83. The van der Waals surface area contributed by atoms with Crippen LogP contribution in [-0.4, -0.2) is 40.9 Å². The molecule has 6 atom stereocenters. The number of aliphatic hydroxyl groups is 2. The number of Topliss-reactive ketones (excluding diaryl/α,β-unsaturated/α-hetero) is 1. The van der Waals surface area contributed by atoms with E-state index in [1.54, 1.807) is 0 Å². The van der Waals surface area contributed by atoms with Crippen LogP contribution in [0, 0.1) is 23.2 Å². The van der Waals surface area contributed by atoms with Crippen molar-refractivity contribution in [3.8, 4) is 0 Å². The predicted molar refractivity (Wildman–Crippen MR) is 113 cm³/mol. The van der Waals surface area contributed by atoms with Gasteiger partial charge in [0.05, 0.1) is 24.9 Å². The maximum absolute atomic E-state index is 12.7. The van der Waals surface area contributed by atoms with E-state index < -0.39 is 0 Å². The summed E-state index contributed by atoms with van der Waals surface area (Å²) in [6.45, 7) is 8.83. The predicted octanol–water partition coefficient (Wildman–Crippen LogP) is 4.12. The van der Waals surface area contributed by atoms with Crippen molar-refractivity contribution >= 4 is 5.78 Å². The first-order valence-electron chi connectivity index (χ1n) is 11.3. The van der Waals surface area contributed by atoms with Gasteiger partial charge in [-0.15, -0.1) is 0 Å². The highest BCUT2D eigenvalue weighted by Gasteiger charge is 2.61. The zero-order valence-electron chi connectivity index (χ0n) is 18.3. The number of hydrogen-bond donors (Lipinski definition) is 2. The van der Waals surface area contributed by atoms with E-state index in [4.69, 9.17) is 4.74 Å². The van der Waals surface area contributed by atoms with Crippen LogP contribution in [0.2, 0.25) is 0 Å². The van der Waals surface area contributed by atoms with Crippen LogP contribution in [0.1, 0.15) is 66.2 Å². The first-order chi connectivity index (χ1) is 13.7. The standard InChI is InChI=1S/C25H36O4/c1-15(13-26)9-19-11-17(3)25(29-19)8-7-24(4)12-20-16(2)10-21(28)23(20)18(14-27)5-6-22(24)25/h5,9,16-17,19,22,26-27H,6-8,10-14H2,1-4H3/b15-9+,18-5?/t16-,17+,19+,22-,24-,25+/m1/s1. The molecule has 3 aliphatic carbocycles. The van der Waals surface area contributed by atoms with Crippen LogP contribution < -0.4 is 0 Å². The second-order valence-corrected chi connectivity index (χ2v) is 10.4. The molecule has 4 nitrogen and oxygen atoms in total. The largest absolute Gasteiger partial charge is 0.392 e. The van der Waals surface area contributed by atoms with E-state index in [0.717, 1.165) is 48.8 Å². The van der Waals surface area contributed by atoms with Crippen LogP contribution in [-0.2, 0) is 9.53 Å². The zero-order chi connectivity index (χ0) is 21.0. The van der Waals surface area contributed by atoms with Crippen LogP contribution in [0.3, 0.4) is 0 Å². The lowest BCUT2D eigenvalue weighted by molar-refractivity contribution is -0.115. The number of aliphatic hydroxyl groups excluding tert-OH is 2. The molecule has 0 unspecified atom stereocenters. The Morgan fingerprint density at radius 3 is 2.76 bits per heavy atom. The van der Waals surface area contributed by atoms with Gasteiger partial charge >= 0.3 is 0 Å². The molecular formula is C25H36O4. The summed E-state index contributed by atoms with van der Waals surface area (Å²) in [7, 11) is 0. The molecule has 1 saturated carbocycles. The minimum atomic E-state index is -0.160. The molecule has 0 aromatic carbocycles. The second-order valence-electron chi connectivity index (χ2n) is 10.4. The SMILES string of the molecule is C/C(=C\[C@H]1C[C@H](C)[C@]2(CC[C@]3(C)CC4=C(C(=O)C[C@H]4C)C(CO)=CC[C@H]32)O1)CO. The molecule has 1 heterocycles. The average Bonchev–Trinajstić information content (AvgIpc) is 3.22. The van der Waals surface area contributed by atoms with Gasteiger partial charge in [0.2, 0.25) is 0 Å². The molecule has 0 radical (unpaired) electrons. The number of hydrogen-bond acceptors (Lipinski definition) is 4. The summed E-state index contributed by atoms with van der Waals surface area (Å²) in [5.74, 6) is 1.29. The number of ketones is 1. The highest BCUT2D eigenvalue weighted by atomic mass is 16.5. The monoisotopic (exact) mass is 400 g/mol. The molecule has 1 spiro atoms. The summed E-state index contributed by atoms with van der Waals surface area (Å²) in [5.41, 5.74) is 3.84. The summed E-state index contributed by atoms with van der Waals surface area (Å²) >= 11 is 0. The van der Waals surface area contributed by atoms with Crippen molar-refractivity contribution in [1.82, 2.24) is 0 Å². The maximum atomic E-state index is 12.7. The topological polar surface area (TPSA) is 66.8 Å². The van der Waals surface area contributed by atoms with Gasteiger partial charge in [-0.1, -0.05) is 38.5 Å². The molecule has 0 amide bonds. The smallest absolute Gasteiger partial charge is 0.163 e. The highest BCUT2D eigenvalue weighted by molar-refractivity contribution is 6.03. The van der Waals surface area contributed by atoms with Crippen molar-refractivity contribution in [3.05, 3.63) is 34.4 Å². The van der Waals surface area contributed by atoms with E-state index in [0.29, 0.717) is 18.3 Å². The van der Waals surface area contributed by atoms with E-state index in [-0.39, 0.29) is 42.0 Å². The lowest BCUT2D eigenvalue weighted by Gasteiger charge is -2.43. The third-order valence-corrected chi connectivity index (χ3v) is 8.40. The van der Waals surface area contributed by atoms with Gasteiger partial charge in [0.1, 0.15) is 0 Å². The summed E-state index contributed by atoms with van der Waals surface area (Å²) in [5, 5.41) is 19.4. The van der Waals surface area contributed by atoms with Crippen molar-refractivity contribution in [2.24, 2.45) is 23.2 Å². The van der Waals surface area contributed by atoms with Gasteiger partial charge < -0.3 is 14.9 Å². The van der Waals surface area contributed by atoms with Crippen molar-refractivity contribution < 1.29 is 19.7 Å². The number of allylic oxidation sites excluding steroid dienone is 2. The molecule has 0 aromatic rings. The number of rotatable bonds is 3. The fraction of sp³-hybridized carbons (Fsp3) is 0.720. The van der Waals surface area contributed by atoms with Gasteiger partial charge in [-0.05, 0) is 73.3 Å². The van der Waals surface area contributed by atoms with Crippen LogP contribution in [0.4, 0.5) is 0 Å². The Morgan fingerprint density at radius 1 is 1.31 bits per heavy atom. The molecule has 2 fully saturated rings. The van der Waals surface area contributed by atoms with E-state index in [9.17, 15) is 15.0 Å². The van der Waals surface area contributed by atoms with E-state index >= 15 is 0 Å². The molecule has 0 aromatic heterocycles. The maximum Gasteiger partial charge on any atom is 0.163 e. The third-order valence-electron chi connectivity index (χ3n) is 8.40. The second kappa shape index (κ2) is 7.47. The van der Waals surface area contributed by atoms with Crippen LogP contribution >= 0.6 is 0 Å². The van der Waals surface area contributed by atoms with Crippen LogP contribution in [0.25, 0.3) is 0 Å². The van der Waals surface area contributed by atoms with Crippen LogP contribution in [0.15, 0.2) is 34.4 Å². The lowest BCUT2D eigenvalue weighted by Crippen LogP contribution is -2.43. The van der Waals surface area contributed by atoms with E-state index in [1.807, 2.05) is 6.92 Å². The van der Waals surface area contributed by atoms with Crippen molar-refractivity contribution in [2.45, 2.75) is 77.9 Å². The number of carbonyl (C=O) groups excluding carboxylic acids is 1. The number of carbonyl (C=O) groups is 1. The molecule has 29 heavy (non-hydrogen) atoms. The average molecular weight is 401 g/mol. The Hall–Kier alpha value is -1.23. The summed E-state index contributed by atoms with van der Waals surface area (Å²) in [4.78, 5) is 12.7. The highest BCUT2D eigenvalue weighted by Crippen LogP contribution is 2.63. The van der Waals surface area contributed by atoms with Crippen molar-refractivity contribution in [2.75, 3.05) is 13.2 Å². The summed E-state index contributed by atoms with van der Waals surface area (Å²) < 4.78 is 6.79. The van der Waals surface area contributed by atoms with Gasteiger partial charge in [-0.25, -0.2) is 0 Å². The first-order valence-corrected chi connectivity index (χ1v) is 11.3. The first kappa shape index (κ1) is 21.0. The molecule has 1 aliphatic heterocycles. The third kappa shape index (κ3) is 3.28. The summed E-state index contributed by atoms with van der Waals surface area (Å²) in [6.07, 6.45) is 9.80. The summed E-state index contributed by atoms with van der Waals surface area (Å²) in [6, 6.07) is 0. The number of fused-ring (bicyclic) bond motifs is 2. The van der Waals surface area contributed by atoms with Gasteiger partial charge in [0.15, 0.2) is 5.78 Å². The van der Waals surface area contributed by atoms with Gasteiger partial charge in [-0.3, -0.25) is 4.79 Å². The Bertz CT molecular complexity index is 791. The van der Waals surface area contributed by atoms with Gasteiger partial charge in [0.25, 0.3) is 0 Å². The minimum absolute atomic E-state index is 0.0630.